The molecule has 0 aliphatic rings. The van der Waals surface area contributed by atoms with Crippen molar-refractivity contribution in [3.8, 4) is 0 Å². The van der Waals surface area contributed by atoms with Gasteiger partial charge < -0.3 is 9.30 Å². The Hall–Kier alpha value is -2.88. The van der Waals surface area contributed by atoms with Crippen molar-refractivity contribution in [2.75, 3.05) is 7.11 Å². The number of ether oxygens (including phenoxy) is 1. The van der Waals surface area contributed by atoms with Gasteiger partial charge >= 0.3 is 5.97 Å². The third-order valence-corrected chi connectivity index (χ3v) is 3.65. The van der Waals surface area contributed by atoms with Gasteiger partial charge in [-0.1, -0.05) is 30.3 Å². The minimum atomic E-state index is -0.354. The highest BCUT2D eigenvalue weighted by Crippen LogP contribution is 2.21. The van der Waals surface area contributed by atoms with Gasteiger partial charge in [-0.3, -0.25) is 4.79 Å². The molecule has 0 N–H and O–H groups in total. The number of carbonyl (C=O) groups is 2. The van der Waals surface area contributed by atoms with Crippen LogP contribution in [0.25, 0.3) is 10.9 Å². The van der Waals surface area contributed by atoms with E-state index in [-0.39, 0.29) is 5.97 Å². The van der Waals surface area contributed by atoms with Gasteiger partial charge in [0.1, 0.15) is 0 Å². The van der Waals surface area contributed by atoms with Crippen molar-refractivity contribution >= 4 is 23.2 Å². The lowest BCUT2D eigenvalue weighted by atomic mass is 10.1. The lowest BCUT2D eigenvalue weighted by molar-refractivity contribution is 0.0600. The van der Waals surface area contributed by atoms with E-state index in [4.69, 9.17) is 4.74 Å². The molecule has 0 saturated carbocycles. The first-order valence-corrected chi connectivity index (χ1v) is 6.93. The topological polar surface area (TPSA) is 48.3 Å². The van der Waals surface area contributed by atoms with Crippen LogP contribution in [0.15, 0.2) is 54.7 Å². The summed E-state index contributed by atoms with van der Waals surface area (Å²) in [5.74, 6) is -0.354. The standard InChI is InChI=1S/C18H15NO3/c1-22-18(21)14-6-4-5-13(9-14)10-19-11-15(12-20)16-7-2-3-8-17(16)19/h2-9,11-12H,10H2,1H3. The monoisotopic (exact) mass is 293 g/mol. The van der Waals surface area contributed by atoms with Crippen LogP contribution in [0.4, 0.5) is 0 Å². The molecule has 3 aromatic rings. The van der Waals surface area contributed by atoms with Crippen LogP contribution in [0, 0.1) is 0 Å². The van der Waals surface area contributed by atoms with Crippen LogP contribution in [0.1, 0.15) is 26.3 Å². The highest BCUT2D eigenvalue weighted by atomic mass is 16.5. The van der Waals surface area contributed by atoms with Gasteiger partial charge in [-0.05, 0) is 23.8 Å². The first kappa shape index (κ1) is 14.1. The molecule has 4 nitrogen and oxygen atoms in total. The zero-order valence-electron chi connectivity index (χ0n) is 12.2. The molecule has 4 heteroatoms. The number of nitrogens with zero attached hydrogens (tertiary/aromatic N) is 1. The molecule has 0 unspecified atom stereocenters. The first-order chi connectivity index (χ1) is 10.7. The van der Waals surface area contributed by atoms with Gasteiger partial charge in [-0.25, -0.2) is 4.79 Å². The zero-order chi connectivity index (χ0) is 15.5. The molecule has 22 heavy (non-hydrogen) atoms. The van der Waals surface area contributed by atoms with E-state index in [2.05, 4.69) is 0 Å². The first-order valence-electron chi connectivity index (χ1n) is 6.93. The summed E-state index contributed by atoms with van der Waals surface area (Å²) in [6.07, 6.45) is 2.70. The van der Waals surface area contributed by atoms with Crippen molar-refractivity contribution in [1.82, 2.24) is 4.57 Å². The Morgan fingerprint density at radius 3 is 2.77 bits per heavy atom. The lowest BCUT2D eigenvalue weighted by Crippen LogP contribution is -2.03. The third kappa shape index (κ3) is 2.51. The van der Waals surface area contributed by atoms with E-state index >= 15 is 0 Å². The molecule has 0 aliphatic heterocycles. The summed E-state index contributed by atoms with van der Waals surface area (Å²) in [7, 11) is 1.37. The Balaban J connectivity index is 2.00. The molecular weight excluding hydrogens is 278 g/mol. The maximum Gasteiger partial charge on any atom is 0.337 e. The van der Waals surface area contributed by atoms with E-state index < -0.39 is 0 Å². The number of aldehydes is 1. The molecule has 0 radical (unpaired) electrons. The number of hydrogen-bond acceptors (Lipinski definition) is 3. The Bertz CT molecular complexity index is 848. The highest BCUT2D eigenvalue weighted by molar-refractivity contribution is 5.97. The Morgan fingerprint density at radius 2 is 2.00 bits per heavy atom. The summed E-state index contributed by atoms with van der Waals surface area (Å²) in [4.78, 5) is 22.8. The average Bonchev–Trinajstić information content (AvgIpc) is 2.92. The predicted molar refractivity (Wildman–Crippen MR) is 84.2 cm³/mol. The number of rotatable bonds is 4. The Kier molecular flexibility index (Phi) is 3.74. The maximum absolute atomic E-state index is 11.6. The number of methoxy groups -OCH3 is 1. The Morgan fingerprint density at radius 1 is 1.18 bits per heavy atom. The van der Waals surface area contributed by atoms with Gasteiger partial charge in [-0.15, -0.1) is 0 Å². The van der Waals surface area contributed by atoms with E-state index in [0.717, 1.165) is 22.8 Å². The number of aromatic nitrogens is 1. The quantitative estimate of drug-likeness (QED) is 0.548. The van der Waals surface area contributed by atoms with Gasteiger partial charge in [0.2, 0.25) is 0 Å². The maximum atomic E-state index is 11.6. The summed E-state index contributed by atoms with van der Waals surface area (Å²) < 4.78 is 6.75. The smallest absolute Gasteiger partial charge is 0.337 e. The SMILES string of the molecule is COC(=O)c1cccc(Cn2cc(C=O)c3ccccc32)c1. The van der Waals surface area contributed by atoms with Crippen molar-refractivity contribution < 1.29 is 14.3 Å². The van der Waals surface area contributed by atoms with Crippen LogP contribution in [0.3, 0.4) is 0 Å². The summed E-state index contributed by atoms with van der Waals surface area (Å²) in [5.41, 5.74) is 3.15. The molecular formula is C18H15NO3. The van der Waals surface area contributed by atoms with E-state index in [1.54, 1.807) is 12.1 Å². The van der Waals surface area contributed by atoms with Crippen LogP contribution in [-0.2, 0) is 11.3 Å². The molecule has 1 aromatic heterocycles. The largest absolute Gasteiger partial charge is 0.465 e. The van der Waals surface area contributed by atoms with Crippen LogP contribution in [0.2, 0.25) is 0 Å². The van der Waals surface area contributed by atoms with Crippen molar-refractivity contribution in [2.24, 2.45) is 0 Å². The molecule has 1 heterocycles. The normalized spacial score (nSPS) is 10.6. The molecule has 0 fully saturated rings. The van der Waals surface area contributed by atoms with Crippen molar-refractivity contribution in [2.45, 2.75) is 6.54 Å². The van der Waals surface area contributed by atoms with Crippen LogP contribution in [-0.4, -0.2) is 23.9 Å². The number of para-hydroxylation sites is 1. The molecule has 0 saturated heterocycles. The molecule has 2 aromatic carbocycles. The molecule has 0 bridgehead atoms. The average molecular weight is 293 g/mol. The van der Waals surface area contributed by atoms with Gasteiger partial charge in [0.25, 0.3) is 0 Å². The van der Waals surface area contributed by atoms with E-state index in [0.29, 0.717) is 17.7 Å². The van der Waals surface area contributed by atoms with Gasteiger partial charge in [0, 0.05) is 29.2 Å². The molecule has 3 rings (SSSR count). The fourth-order valence-electron chi connectivity index (χ4n) is 2.61. The van der Waals surface area contributed by atoms with Crippen LogP contribution >= 0.6 is 0 Å². The minimum Gasteiger partial charge on any atom is -0.465 e. The van der Waals surface area contributed by atoms with E-state index in [9.17, 15) is 9.59 Å². The fraction of sp³-hybridized carbons (Fsp3) is 0.111. The van der Waals surface area contributed by atoms with E-state index in [1.165, 1.54) is 7.11 Å². The van der Waals surface area contributed by atoms with Crippen LogP contribution in [0.5, 0.6) is 0 Å². The second-order valence-electron chi connectivity index (χ2n) is 5.04. The lowest BCUT2D eigenvalue weighted by Gasteiger charge is -2.07. The number of fused-ring (bicyclic) bond motifs is 1. The van der Waals surface area contributed by atoms with Crippen LogP contribution < -0.4 is 0 Å². The van der Waals surface area contributed by atoms with E-state index in [1.807, 2.05) is 47.2 Å². The summed E-state index contributed by atoms with van der Waals surface area (Å²) in [5, 5.41) is 0.932. The molecule has 0 aliphatic carbocycles. The van der Waals surface area contributed by atoms with Gasteiger partial charge in [0.15, 0.2) is 6.29 Å². The predicted octanol–water partition coefficient (Wildman–Crippen LogP) is 3.29. The van der Waals surface area contributed by atoms with Gasteiger partial charge in [0.05, 0.1) is 12.7 Å². The fourth-order valence-corrected chi connectivity index (χ4v) is 2.61. The second kappa shape index (κ2) is 5.85. The molecule has 0 spiro atoms. The van der Waals surface area contributed by atoms with Crippen molar-refractivity contribution in [3.05, 3.63) is 71.4 Å². The van der Waals surface area contributed by atoms with Crippen molar-refractivity contribution in [3.63, 3.8) is 0 Å². The minimum absolute atomic E-state index is 0.354. The summed E-state index contributed by atoms with van der Waals surface area (Å²) in [6, 6.07) is 15.1. The molecule has 0 amide bonds. The summed E-state index contributed by atoms with van der Waals surface area (Å²) >= 11 is 0. The van der Waals surface area contributed by atoms with Gasteiger partial charge in [-0.2, -0.15) is 0 Å². The third-order valence-electron chi connectivity index (χ3n) is 3.65. The molecule has 110 valence electrons. The summed E-state index contributed by atoms with van der Waals surface area (Å²) in [6.45, 7) is 0.583. The number of benzene rings is 2. The number of hydrogen-bond donors (Lipinski definition) is 0. The zero-order valence-corrected chi connectivity index (χ0v) is 12.2. The molecule has 0 atom stereocenters. The highest BCUT2D eigenvalue weighted by Gasteiger charge is 2.09. The number of esters is 1. The number of carbonyl (C=O) groups excluding carboxylic acids is 2. The Labute approximate surface area is 127 Å². The van der Waals surface area contributed by atoms with Crippen molar-refractivity contribution in [1.29, 1.82) is 0 Å². The second-order valence-corrected chi connectivity index (χ2v) is 5.04.